The molecule has 8 rings (SSSR count). The lowest BCUT2D eigenvalue weighted by molar-refractivity contribution is -0.137. The highest BCUT2D eigenvalue weighted by atomic mass is 19.4. The zero-order chi connectivity index (χ0) is 33.2. The second-order valence-electron chi connectivity index (χ2n) is 13.5. The summed E-state index contributed by atoms with van der Waals surface area (Å²) in [6, 6.07) is 44.3. The highest BCUT2D eigenvalue weighted by Crippen LogP contribution is 2.49. The molecule has 0 spiro atoms. The number of hydrogen-bond acceptors (Lipinski definition) is 1. The minimum Gasteiger partial charge on any atom is -0.256 e. The van der Waals surface area contributed by atoms with Gasteiger partial charge in [0.05, 0.1) is 11.3 Å². The molecule has 1 aromatic heterocycles. The Morgan fingerprint density at radius 3 is 1.48 bits per heavy atom. The number of alkyl halides is 3. The highest BCUT2D eigenvalue weighted by molar-refractivity contribution is 6.04. The lowest BCUT2D eigenvalue weighted by atomic mass is 9.80. The molecule has 1 aliphatic rings. The maximum Gasteiger partial charge on any atom is 0.418 e. The largest absolute Gasteiger partial charge is 0.418 e. The summed E-state index contributed by atoms with van der Waals surface area (Å²) >= 11 is 0. The van der Waals surface area contributed by atoms with Crippen LogP contribution in [0.15, 0.2) is 140 Å². The van der Waals surface area contributed by atoms with Gasteiger partial charge in [-0.25, -0.2) is 0 Å². The van der Waals surface area contributed by atoms with Crippen molar-refractivity contribution in [2.24, 2.45) is 0 Å². The Balaban J connectivity index is 1.38. The first kappa shape index (κ1) is 29.9. The second kappa shape index (κ2) is 11.1. The summed E-state index contributed by atoms with van der Waals surface area (Å²) in [6.45, 7) is 6.45. The predicted molar refractivity (Wildman–Crippen MR) is 192 cm³/mol. The van der Waals surface area contributed by atoms with E-state index in [4.69, 9.17) is 0 Å². The highest BCUT2D eigenvalue weighted by Gasteiger charge is 2.35. The predicted octanol–water partition coefficient (Wildman–Crippen LogP) is 12.9. The number of rotatable bonds is 2. The van der Waals surface area contributed by atoms with Crippen molar-refractivity contribution in [2.75, 3.05) is 0 Å². The first-order valence-corrected chi connectivity index (χ1v) is 16.1. The van der Waals surface area contributed by atoms with E-state index in [1.807, 2.05) is 78.9 Å². The summed E-state index contributed by atoms with van der Waals surface area (Å²) in [5.41, 5.74) is 10.3. The van der Waals surface area contributed by atoms with E-state index in [2.05, 4.69) is 74.3 Å². The smallest absolute Gasteiger partial charge is 0.256 e. The van der Waals surface area contributed by atoms with Crippen molar-refractivity contribution >= 4 is 10.8 Å². The fourth-order valence-corrected chi connectivity index (χ4v) is 7.19. The molecule has 4 heteroatoms. The molecule has 1 aliphatic carbocycles. The summed E-state index contributed by atoms with van der Waals surface area (Å²) < 4.78 is 44.1. The van der Waals surface area contributed by atoms with Gasteiger partial charge in [0, 0.05) is 11.8 Å². The van der Waals surface area contributed by atoms with Crippen LogP contribution >= 0.6 is 0 Å². The Hall–Kier alpha value is -5.48. The van der Waals surface area contributed by atoms with Gasteiger partial charge in [-0.2, -0.15) is 13.2 Å². The zero-order valence-corrected chi connectivity index (χ0v) is 26.9. The number of fused-ring (bicyclic) bond motifs is 9. The summed E-state index contributed by atoms with van der Waals surface area (Å²) in [4.78, 5) is 4.42. The van der Waals surface area contributed by atoms with Crippen molar-refractivity contribution in [1.29, 1.82) is 0 Å². The van der Waals surface area contributed by atoms with E-state index in [0.29, 0.717) is 11.3 Å². The van der Waals surface area contributed by atoms with Crippen molar-refractivity contribution < 1.29 is 13.2 Å². The molecule has 0 saturated carbocycles. The molecule has 0 fully saturated rings. The number of pyridine rings is 1. The molecule has 0 atom stereocenters. The van der Waals surface area contributed by atoms with E-state index >= 15 is 0 Å². The fraction of sp³-hybridized carbons (Fsp3) is 0.114. The molecule has 234 valence electrons. The van der Waals surface area contributed by atoms with E-state index in [9.17, 15) is 13.2 Å². The molecule has 0 bridgehead atoms. The summed E-state index contributed by atoms with van der Waals surface area (Å²) in [6.07, 6.45) is -3.60. The second-order valence-corrected chi connectivity index (χ2v) is 13.5. The summed E-state index contributed by atoms with van der Waals surface area (Å²) in [5.74, 6) is 0. The van der Waals surface area contributed by atoms with Gasteiger partial charge in [0.2, 0.25) is 0 Å². The third-order valence-corrected chi connectivity index (χ3v) is 9.45. The average molecular weight is 632 g/mol. The maximum absolute atomic E-state index is 14.7. The van der Waals surface area contributed by atoms with Crippen molar-refractivity contribution in [3.05, 3.63) is 151 Å². The average Bonchev–Trinajstić information content (AvgIpc) is 3.09. The lowest BCUT2D eigenvalue weighted by Crippen LogP contribution is -2.12. The minimum absolute atomic E-state index is 0.106. The van der Waals surface area contributed by atoms with Crippen LogP contribution in [0.4, 0.5) is 13.2 Å². The van der Waals surface area contributed by atoms with Crippen LogP contribution in [-0.4, -0.2) is 4.98 Å². The molecule has 7 aromatic rings. The van der Waals surface area contributed by atoms with Crippen LogP contribution in [-0.2, 0) is 11.6 Å². The Bertz CT molecular complexity index is 2370. The van der Waals surface area contributed by atoms with Crippen molar-refractivity contribution in [2.45, 2.75) is 32.4 Å². The molecule has 0 saturated heterocycles. The fourth-order valence-electron chi connectivity index (χ4n) is 7.19. The number of halogens is 3. The van der Waals surface area contributed by atoms with E-state index in [0.717, 1.165) is 72.6 Å². The van der Waals surface area contributed by atoms with E-state index in [1.165, 1.54) is 0 Å². The van der Waals surface area contributed by atoms with Crippen LogP contribution in [0.1, 0.15) is 31.9 Å². The molecule has 0 aliphatic heterocycles. The molecule has 0 unspecified atom stereocenters. The Kier molecular flexibility index (Phi) is 6.89. The molecule has 6 aromatic carbocycles. The lowest BCUT2D eigenvalue weighted by Gasteiger charge is -2.24. The van der Waals surface area contributed by atoms with Gasteiger partial charge in [0.15, 0.2) is 0 Å². The normalized spacial score (nSPS) is 12.4. The van der Waals surface area contributed by atoms with E-state index in [-0.39, 0.29) is 11.0 Å². The van der Waals surface area contributed by atoms with Gasteiger partial charge in [-0.3, -0.25) is 4.98 Å². The van der Waals surface area contributed by atoms with Gasteiger partial charge < -0.3 is 0 Å². The first-order chi connectivity index (χ1) is 23.1. The van der Waals surface area contributed by atoms with Gasteiger partial charge in [0.25, 0.3) is 0 Å². The van der Waals surface area contributed by atoms with Gasteiger partial charge in [-0.15, -0.1) is 0 Å². The molecule has 0 amide bonds. The van der Waals surface area contributed by atoms with Crippen molar-refractivity contribution in [1.82, 2.24) is 4.98 Å². The quantitative estimate of drug-likeness (QED) is 0.185. The van der Waals surface area contributed by atoms with E-state index in [1.54, 1.807) is 6.07 Å². The van der Waals surface area contributed by atoms with Crippen LogP contribution < -0.4 is 0 Å². The third-order valence-electron chi connectivity index (χ3n) is 9.45. The first-order valence-electron chi connectivity index (χ1n) is 16.1. The monoisotopic (exact) mass is 631 g/mol. The van der Waals surface area contributed by atoms with Crippen LogP contribution in [0, 0.1) is 0 Å². The minimum atomic E-state index is -4.59. The van der Waals surface area contributed by atoms with Crippen molar-refractivity contribution in [3.8, 4) is 66.9 Å². The van der Waals surface area contributed by atoms with Gasteiger partial charge in [-0.1, -0.05) is 130 Å². The van der Waals surface area contributed by atoms with Gasteiger partial charge >= 0.3 is 6.18 Å². The molecule has 0 N–H and O–H groups in total. The van der Waals surface area contributed by atoms with E-state index < -0.39 is 11.7 Å². The maximum atomic E-state index is 14.7. The SMILES string of the molecule is CC(C)(C)c1cc(-c2cc(-c3ccc4c(c3)-c3ccccc3-c3ccccc3-c3ccccc3-4)c(C(F)(F)F)cn2)cc2ccccc12. The summed E-state index contributed by atoms with van der Waals surface area (Å²) in [7, 11) is 0. The summed E-state index contributed by atoms with van der Waals surface area (Å²) in [5, 5.41) is 2.16. The number of hydrogen-bond donors (Lipinski definition) is 0. The Labute approximate surface area is 278 Å². The molecule has 1 heterocycles. The zero-order valence-electron chi connectivity index (χ0n) is 26.9. The van der Waals surface area contributed by atoms with Crippen LogP contribution in [0.25, 0.3) is 77.7 Å². The van der Waals surface area contributed by atoms with Crippen LogP contribution in [0.2, 0.25) is 0 Å². The van der Waals surface area contributed by atoms with Crippen LogP contribution in [0.5, 0.6) is 0 Å². The van der Waals surface area contributed by atoms with Gasteiger partial charge in [0.1, 0.15) is 0 Å². The third kappa shape index (κ3) is 5.00. The molecule has 0 radical (unpaired) electrons. The Morgan fingerprint density at radius 1 is 0.438 bits per heavy atom. The number of aromatic nitrogens is 1. The molecular formula is C44H32F3N. The topological polar surface area (TPSA) is 12.9 Å². The number of benzene rings is 6. The molecule has 48 heavy (non-hydrogen) atoms. The standard InChI is InChI=1S/C44H32F3N/c1-43(2,3)40-24-29(22-27-12-4-5-13-30(27)40)42-25-38(41(26-48-42)44(45,46)47)28-20-21-37-35-18-9-8-16-33(35)31-14-6-7-15-32(31)34-17-10-11-19-36(34)39(37)23-28/h4-26H,1-3H3. The molecule has 1 nitrogen and oxygen atoms in total. The Morgan fingerprint density at radius 2 is 0.938 bits per heavy atom. The van der Waals surface area contributed by atoms with Crippen molar-refractivity contribution in [3.63, 3.8) is 0 Å². The van der Waals surface area contributed by atoms with Crippen LogP contribution in [0.3, 0.4) is 0 Å². The number of nitrogens with zero attached hydrogens (tertiary/aromatic N) is 1. The molecular weight excluding hydrogens is 599 g/mol. The van der Waals surface area contributed by atoms with Gasteiger partial charge in [-0.05, 0) is 102 Å².